The molecular weight excluding hydrogens is 565 g/mol. The van der Waals surface area contributed by atoms with Crippen molar-refractivity contribution < 1.29 is 43.1 Å². The molecule has 2 aliphatic rings. The number of nitrogen functional groups attached to an aromatic ring is 1. The molecule has 4 heterocycles. The number of aliphatic hydroxyl groups excluding tert-OH is 2. The van der Waals surface area contributed by atoms with Crippen LogP contribution in [0.25, 0.3) is 0 Å². The maximum atomic E-state index is 12.3. The number of methoxy groups -OCH3 is 2. The molecule has 0 radical (unpaired) electrons. The summed E-state index contributed by atoms with van der Waals surface area (Å²) in [6.07, 6.45) is -6.50. The third-order valence-corrected chi connectivity index (χ3v) is 7.79. The van der Waals surface area contributed by atoms with Crippen LogP contribution in [0, 0.1) is 0 Å². The first kappa shape index (κ1) is 29.6. The normalized spacial score (nSPS) is 32.3. The van der Waals surface area contributed by atoms with Gasteiger partial charge in [0.25, 0.3) is 5.56 Å². The Balaban J connectivity index is 1.47. The minimum atomic E-state index is -4.10. The monoisotopic (exact) mass is 593 g/mol. The summed E-state index contributed by atoms with van der Waals surface area (Å²) < 4.78 is 35.4. The van der Waals surface area contributed by atoms with Crippen molar-refractivity contribution in [1.82, 2.24) is 19.1 Å². The van der Waals surface area contributed by atoms with Gasteiger partial charge in [-0.25, -0.2) is 9.59 Å². The van der Waals surface area contributed by atoms with Crippen molar-refractivity contribution in [2.45, 2.75) is 49.1 Å². The van der Waals surface area contributed by atoms with Crippen LogP contribution in [0.2, 0.25) is 0 Å². The number of aromatic amines is 1. The third kappa shape index (κ3) is 6.21. The lowest BCUT2D eigenvalue weighted by Crippen LogP contribution is -2.39. The fraction of sp³-hybridized carbons (Fsp3) is 0.600. The van der Waals surface area contributed by atoms with Crippen LogP contribution in [-0.2, 0) is 39.8 Å². The van der Waals surface area contributed by atoms with Gasteiger partial charge in [-0.15, -0.1) is 0 Å². The highest BCUT2D eigenvalue weighted by Gasteiger charge is 2.50. The maximum absolute atomic E-state index is 12.3. The van der Waals surface area contributed by atoms with Gasteiger partial charge in [-0.1, -0.05) is 0 Å². The Bertz CT molecular complexity index is 1390. The van der Waals surface area contributed by atoms with Crippen molar-refractivity contribution in [3.63, 3.8) is 0 Å². The van der Waals surface area contributed by atoms with E-state index in [1.807, 2.05) is 0 Å². The van der Waals surface area contributed by atoms with E-state index in [0.717, 1.165) is 15.2 Å². The first-order chi connectivity index (χ1) is 18.5. The number of nitrogens with two attached hydrogens (primary N) is 1. The molecular formula is C20H28N5O12PS. The molecule has 2 aromatic rings. The minimum Gasteiger partial charge on any atom is -0.394 e. The molecule has 3 unspecified atom stereocenters. The molecule has 0 spiro atoms. The second kappa shape index (κ2) is 12.0. The van der Waals surface area contributed by atoms with Crippen LogP contribution in [0.5, 0.6) is 0 Å². The summed E-state index contributed by atoms with van der Waals surface area (Å²) in [5.41, 5.74) is 3.39. The summed E-state index contributed by atoms with van der Waals surface area (Å²) in [4.78, 5) is 52.5. The van der Waals surface area contributed by atoms with E-state index in [1.165, 1.54) is 32.7 Å². The SMILES string of the molecule is COC1[C@@H](O)[C@@H](COP(O)(=S)O[C@@H]2C(OC)[C@H](n3ccc(N)nc3=O)O[C@@H]2CO)O[C@H]1n1ccc(=O)[nH]c1=O. The Morgan fingerprint density at radius 1 is 1.08 bits per heavy atom. The highest BCUT2D eigenvalue weighted by Crippen LogP contribution is 2.49. The topological polar surface area (TPSA) is 232 Å². The zero-order valence-corrected chi connectivity index (χ0v) is 22.3. The summed E-state index contributed by atoms with van der Waals surface area (Å²) in [5, 5.41) is 20.5. The number of aromatic nitrogens is 4. The quantitative estimate of drug-likeness (QED) is 0.175. The second-order valence-electron chi connectivity index (χ2n) is 8.60. The van der Waals surface area contributed by atoms with Gasteiger partial charge in [0.1, 0.15) is 42.4 Å². The minimum absolute atomic E-state index is 0.00585. The average molecular weight is 594 g/mol. The van der Waals surface area contributed by atoms with Gasteiger partial charge in [0.2, 0.25) is 0 Å². The van der Waals surface area contributed by atoms with E-state index in [1.54, 1.807) is 0 Å². The van der Waals surface area contributed by atoms with Gasteiger partial charge in [0.15, 0.2) is 12.5 Å². The fourth-order valence-electron chi connectivity index (χ4n) is 4.39. The Morgan fingerprint density at radius 3 is 2.33 bits per heavy atom. The Kier molecular flexibility index (Phi) is 9.14. The van der Waals surface area contributed by atoms with Crippen molar-refractivity contribution in [3.8, 4) is 0 Å². The zero-order chi connectivity index (χ0) is 28.5. The van der Waals surface area contributed by atoms with E-state index < -0.39 is 86.0 Å². The number of H-pyrrole nitrogens is 1. The molecule has 0 aliphatic carbocycles. The number of ether oxygens (including phenoxy) is 4. The summed E-state index contributed by atoms with van der Waals surface area (Å²) in [6, 6.07) is 2.47. The lowest BCUT2D eigenvalue weighted by atomic mass is 10.1. The standard InChI is InChI=1S/C20H28N5O12PS/c1-32-15-13(28)10(36-17(15)25-6-4-12(27)23-20(25)30)8-34-38(31,39)37-14-9(7-26)35-18(16(14)33-2)24-5-3-11(21)22-19(24)29/h3-6,9-10,13-18,26,28H,7-8H2,1-2H3,(H,31,39)(H2,21,22,29)(H,23,27,30)/t9-,10-,13+,14+,15?,16?,17-,18-,38?/m1/s1. The van der Waals surface area contributed by atoms with Gasteiger partial charge in [-0.2, -0.15) is 4.98 Å². The van der Waals surface area contributed by atoms with Crippen LogP contribution < -0.4 is 22.7 Å². The van der Waals surface area contributed by atoms with Gasteiger partial charge in [-0.3, -0.25) is 23.4 Å². The molecule has 6 N–H and O–H groups in total. The lowest BCUT2D eigenvalue weighted by Gasteiger charge is -2.27. The number of nitrogens with one attached hydrogen (secondary N) is 1. The van der Waals surface area contributed by atoms with E-state index in [4.69, 9.17) is 45.5 Å². The largest absolute Gasteiger partial charge is 0.394 e. The number of rotatable bonds is 10. The van der Waals surface area contributed by atoms with E-state index >= 15 is 0 Å². The highest BCUT2D eigenvalue weighted by atomic mass is 32.5. The second-order valence-corrected chi connectivity index (χ2v) is 11.4. The van der Waals surface area contributed by atoms with E-state index in [2.05, 4.69) is 9.97 Å². The predicted molar refractivity (Wildman–Crippen MR) is 134 cm³/mol. The van der Waals surface area contributed by atoms with Crippen LogP contribution in [0.4, 0.5) is 5.82 Å². The molecule has 216 valence electrons. The van der Waals surface area contributed by atoms with Gasteiger partial charge < -0.3 is 44.3 Å². The fourth-order valence-corrected chi connectivity index (χ4v) is 5.83. The highest BCUT2D eigenvalue weighted by molar-refractivity contribution is 8.07. The van der Waals surface area contributed by atoms with Gasteiger partial charge in [-0.05, 0) is 17.9 Å². The first-order valence-electron chi connectivity index (χ1n) is 11.5. The molecule has 0 saturated carbocycles. The smallest absolute Gasteiger partial charge is 0.351 e. The molecule has 2 saturated heterocycles. The Labute approximate surface area is 224 Å². The first-order valence-corrected chi connectivity index (χ1v) is 14.1. The number of hydrogen-bond acceptors (Lipinski definition) is 14. The molecule has 2 aromatic heterocycles. The molecule has 17 nitrogen and oxygen atoms in total. The van der Waals surface area contributed by atoms with Crippen LogP contribution in [0.15, 0.2) is 38.9 Å². The van der Waals surface area contributed by atoms with Gasteiger partial charge >= 0.3 is 18.1 Å². The molecule has 2 fully saturated rings. The van der Waals surface area contributed by atoms with Gasteiger partial charge in [0, 0.05) is 32.7 Å². The van der Waals surface area contributed by atoms with Crippen LogP contribution in [0.1, 0.15) is 12.5 Å². The van der Waals surface area contributed by atoms with Crippen LogP contribution >= 0.6 is 6.72 Å². The molecule has 0 amide bonds. The third-order valence-electron chi connectivity index (χ3n) is 6.23. The summed E-state index contributed by atoms with van der Waals surface area (Å²) in [5.74, 6) is -0.00585. The van der Waals surface area contributed by atoms with Crippen LogP contribution in [-0.4, -0.2) is 98.3 Å². The van der Waals surface area contributed by atoms with E-state index in [-0.39, 0.29) is 5.82 Å². The average Bonchev–Trinajstić information content (AvgIpc) is 3.38. The molecule has 19 heteroatoms. The molecule has 2 aliphatic heterocycles. The number of nitrogens with zero attached hydrogens (tertiary/aromatic N) is 3. The van der Waals surface area contributed by atoms with Crippen molar-refractivity contribution >= 4 is 24.3 Å². The summed E-state index contributed by atoms with van der Waals surface area (Å²) in [7, 11) is 2.60. The number of aliphatic hydroxyl groups is 2. The number of hydrogen-bond donors (Lipinski definition) is 5. The summed E-state index contributed by atoms with van der Waals surface area (Å²) in [6.45, 7) is -5.17. The Hall–Kier alpha value is -2.35. The summed E-state index contributed by atoms with van der Waals surface area (Å²) >= 11 is 5.14. The zero-order valence-electron chi connectivity index (χ0n) is 20.6. The Morgan fingerprint density at radius 2 is 1.72 bits per heavy atom. The van der Waals surface area contributed by atoms with Crippen molar-refractivity contribution in [1.29, 1.82) is 0 Å². The maximum Gasteiger partial charge on any atom is 0.351 e. The van der Waals surface area contributed by atoms with Gasteiger partial charge in [0.05, 0.1) is 13.2 Å². The van der Waals surface area contributed by atoms with E-state index in [9.17, 15) is 29.5 Å². The molecule has 0 aromatic carbocycles. The van der Waals surface area contributed by atoms with Crippen LogP contribution in [0.3, 0.4) is 0 Å². The van der Waals surface area contributed by atoms with E-state index in [0.29, 0.717) is 0 Å². The molecule has 9 atom stereocenters. The van der Waals surface area contributed by atoms with Crippen molar-refractivity contribution in [2.75, 3.05) is 33.2 Å². The molecule has 0 bridgehead atoms. The number of anilines is 1. The predicted octanol–water partition coefficient (Wildman–Crippen LogP) is -2.83. The van der Waals surface area contributed by atoms with Crippen molar-refractivity contribution in [3.05, 3.63) is 55.8 Å². The molecule has 4 rings (SSSR count). The molecule has 39 heavy (non-hydrogen) atoms. The lowest BCUT2D eigenvalue weighted by molar-refractivity contribution is -0.0635. The van der Waals surface area contributed by atoms with Crippen molar-refractivity contribution in [2.24, 2.45) is 0 Å².